The van der Waals surface area contributed by atoms with Crippen molar-refractivity contribution in [1.82, 2.24) is 4.98 Å². The molecule has 1 heterocycles. The highest BCUT2D eigenvalue weighted by Crippen LogP contribution is 2.37. The van der Waals surface area contributed by atoms with E-state index < -0.39 is 51.0 Å². The molecule has 0 saturated carbocycles. The Kier molecular flexibility index (Phi) is 4.12. The highest BCUT2D eigenvalue weighted by Gasteiger charge is 2.40. The van der Waals surface area contributed by atoms with Crippen molar-refractivity contribution in [3.8, 4) is 0 Å². The normalized spacial score (nSPS) is 13.1. The van der Waals surface area contributed by atoms with Crippen molar-refractivity contribution in [3.63, 3.8) is 0 Å². The molecule has 0 spiro atoms. The van der Waals surface area contributed by atoms with Crippen LogP contribution in [-0.2, 0) is 22.7 Å². The molecule has 0 saturated heterocycles. The van der Waals surface area contributed by atoms with Gasteiger partial charge >= 0.3 is 6.18 Å². The molecule has 0 radical (unpaired) electrons. The lowest BCUT2D eigenvalue weighted by molar-refractivity contribution is -0.141. The molecule has 4 N–H and O–H groups in total. The Morgan fingerprint density at radius 2 is 1.84 bits per heavy atom. The first kappa shape index (κ1) is 15.7. The Balaban J connectivity index is 3.79. The summed E-state index contributed by atoms with van der Waals surface area (Å²) in [5, 5.41) is 2.92. The van der Waals surface area contributed by atoms with Crippen LogP contribution >= 0.6 is 0 Å². The van der Waals surface area contributed by atoms with Gasteiger partial charge in [0.1, 0.15) is 5.69 Å². The lowest BCUT2D eigenvalue weighted by Crippen LogP contribution is -2.24. The molecular weight excluding hydrogens is 297 g/mol. The number of nitrogens with zero attached hydrogens (tertiary/aromatic N) is 1. The monoisotopic (exact) mass is 305 g/mol. The van der Waals surface area contributed by atoms with Crippen molar-refractivity contribution >= 4 is 10.0 Å². The fraction of sp³-hybridized carbons (Fsp3) is 0.375. The van der Waals surface area contributed by atoms with Gasteiger partial charge in [0.05, 0.1) is 5.56 Å². The summed E-state index contributed by atoms with van der Waals surface area (Å²) in [4.78, 5) is 2.78. The van der Waals surface area contributed by atoms with E-state index in [0.29, 0.717) is 6.07 Å². The molecule has 0 aliphatic carbocycles. The van der Waals surface area contributed by atoms with E-state index in [1.54, 1.807) is 0 Å². The SMILES string of the molecule is NCc1cc(C(F)F)nc(S(N)(=O)=O)c1C(F)(F)F. The van der Waals surface area contributed by atoms with Crippen LogP contribution in [0.5, 0.6) is 0 Å². The third-order valence-corrected chi connectivity index (χ3v) is 2.92. The summed E-state index contributed by atoms with van der Waals surface area (Å²) in [6.07, 6.45) is -8.39. The summed E-state index contributed by atoms with van der Waals surface area (Å²) >= 11 is 0. The van der Waals surface area contributed by atoms with Gasteiger partial charge in [0, 0.05) is 6.54 Å². The maximum Gasteiger partial charge on any atom is 0.419 e. The Labute approximate surface area is 104 Å². The second-order valence-corrected chi connectivity index (χ2v) is 4.91. The van der Waals surface area contributed by atoms with Gasteiger partial charge in [-0.15, -0.1) is 0 Å². The van der Waals surface area contributed by atoms with Crippen molar-refractivity contribution in [2.75, 3.05) is 0 Å². The number of hydrogen-bond acceptors (Lipinski definition) is 4. The van der Waals surface area contributed by atoms with Gasteiger partial charge < -0.3 is 5.73 Å². The van der Waals surface area contributed by atoms with E-state index in [-0.39, 0.29) is 0 Å². The van der Waals surface area contributed by atoms with Gasteiger partial charge in [-0.1, -0.05) is 0 Å². The molecule has 1 rings (SSSR count). The first-order valence-corrected chi connectivity index (χ1v) is 6.15. The second kappa shape index (κ2) is 4.98. The number of halogens is 5. The molecule has 0 amide bonds. The maximum absolute atomic E-state index is 12.8. The predicted octanol–water partition coefficient (Wildman–Crippen LogP) is 1.14. The van der Waals surface area contributed by atoms with Crippen LogP contribution in [0.3, 0.4) is 0 Å². The molecule has 108 valence electrons. The topological polar surface area (TPSA) is 99.1 Å². The summed E-state index contributed by atoms with van der Waals surface area (Å²) in [6, 6.07) is 0.405. The van der Waals surface area contributed by atoms with Crippen LogP contribution in [0.2, 0.25) is 0 Å². The van der Waals surface area contributed by atoms with Gasteiger partial charge in [0.2, 0.25) is 0 Å². The summed E-state index contributed by atoms with van der Waals surface area (Å²) in [6.45, 7) is -0.792. The zero-order chi connectivity index (χ0) is 15.0. The van der Waals surface area contributed by atoms with Crippen molar-refractivity contribution in [3.05, 3.63) is 22.9 Å². The molecule has 19 heavy (non-hydrogen) atoms. The highest BCUT2D eigenvalue weighted by atomic mass is 32.2. The van der Waals surface area contributed by atoms with E-state index in [9.17, 15) is 30.4 Å². The number of primary sulfonamides is 1. The first-order valence-electron chi connectivity index (χ1n) is 4.60. The van der Waals surface area contributed by atoms with Gasteiger partial charge in [0.15, 0.2) is 5.03 Å². The number of aromatic nitrogens is 1. The third kappa shape index (κ3) is 3.36. The van der Waals surface area contributed by atoms with Gasteiger partial charge in [-0.25, -0.2) is 27.3 Å². The van der Waals surface area contributed by atoms with Crippen LogP contribution in [0.4, 0.5) is 22.0 Å². The number of nitrogens with two attached hydrogens (primary N) is 2. The van der Waals surface area contributed by atoms with E-state index in [4.69, 9.17) is 5.73 Å². The minimum Gasteiger partial charge on any atom is -0.326 e. The molecule has 0 aromatic carbocycles. The smallest absolute Gasteiger partial charge is 0.326 e. The quantitative estimate of drug-likeness (QED) is 0.818. The second-order valence-electron chi connectivity index (χ2n) is 3.43. The predicted molar refractivity (Wildman–Crippen MR) is 53.5 cm³/mol. The standard InChI is InChI=1S/C8H8F5N3O2S/c9-6(10)4-1-3(2-14)5(8(11,12)13)7(16-4)19(15,17)18/h1,6H,2,14H2,(H2,15,17,18). The van der Waals surface area contributed by atoms with Crippen molar-refractivity contribution in [1.29, 1.82) is 0 Å². The maximum atomic E-state index is 12.8. The van der Waals surface area contributed by atoms with Crippen molar-refractivity contribution in [2.45, 2.75) is 24.2 Å². The molecule has 11 heteroatoms. The molecular formula is C8H8F5N3O2S. The number of alkyl halides is 5. The molecule has 1 aromatic heterocycles. The third-order valence-electron chi connectivity index (χ3n) is 2.08. The van der Waals surface area contributed by atoms with E-state index in [2.05, 4.69) is 10.1 Å². The molecule has 1 aromatic rings. The van der Waals surface area contributed by atoms with Crippen LogP contribution in [0.1, 0.15) is 23.2 Å². The zero-order valence-corrected chi connectivity index (χ0v) is 9.89. The average Bonchev–Trinajstić information content (AvgIpc) is 2.24. The lowest BCUT2D eigenvalue weighted by Gasteiger charge is -2.16. The number of sulfonamides is 1. The molecule has 0 bridgehead atoms. The number of rotatable bonds is 3. The number of pyridine rings is 1. The molecule has 0 atom stereocenters. The fourth-order valence-electron chi connectivity index (χ4n) is 1.38. The van der Waals surface area contributed by atoms with Gasteiger partial charge in [0.25, 0.3) is 16.4 Å². The summed E-state index contributed by atoms with van der Waals surface area (Å²) in [5.41, 5.74) is 1.34. The lowest BCUT2D eigenvalue weighted by atomic mass is 10.1. The summed E-state index contributed by atoms with van der Waals surface area (Å²) < 4.78 is 85.3. The van der Waals surface area contributed by atoms with Crippen LogP contribution in [0.15, 0.2) is 11.1 Å². The Morgan fingerprint density at radius 3 is 2.16 bits per heavy atom. The minimum absolute atomic E-state index is 0.405. The molecule has 0 fully saturated rings. The first-order chi connectivity index (χ1) is 8.48. The molecule has 0 aliphatic rings. The molecule has 5 nitrogen and oxygen atoms in total. The van der Waals surface area contributed by atoms with Gasteiger partial charge in [-0.3, -0.25) is 0 Å². The van der Waals surface area contributed by atoms with E-state index in [0.717, 1.165) is 0 Å². The van der Waals surface area contributed by atoms with Crippen LogP contribution < -0.4 is 10.9 Å². The van der Waals surface area contributed by atoms with Gasteiger partial charge in [-0.05, 0) is 11.6 Å². The Morgan fingerprint density at radius 1 is 1.32 bits per heavy atom. The fourth-order valence-corrected chi connectivity index (χ4v) is 2.14. The Bertz CT molecular complexity index is 585. The average molecular weight is 305 g/mol. The number of hydrogen-bond donors (Lipinski definition) is 2. The van der Waals surface area contributed by atoms with Gasteiger partial charge in [-0.2, -0.15) is 13.2 Å². The van der Waals surface area contributed by atoms with Crippen LogP contribution in [0.25, 0.3) is 0 Å². The van der Waals surface area contributed by atoms with Crippen LogP contribution in [0, 0.1) is 0 Å². The van der Waals surface area contributed by atoms with E-state index in [1.165, 1.54) is 0 Å². The van der Waals surface area contributed by atoms with Crippen molar-refractivity contribution in [2.24, 2.45) is 10.9 Å². The largest absolute Gasteiger partial charge is 0.419 e. The van der Waals surface area contributed by atoms with E-state index in [1.807, 2.05) is 0 Å². The summed E-state index contributed by atoms with van der Waals surface area (Å²) in [7, 11) is -4.93. The molecule has 0 unspecified atom stereocenters. The van der Waals surface area contributed by atoms with E-state index >= 15 is 0 Å². The minimum atomic E-state index is -5.13. The van der Waals surface area contributed by atoms with Crippen molar-refractivity contribution < 1.29 is 30.4 Å². The molecule has 0 aliphatic heterocycles. The summed E-state index contributed by atoms with van der Waals surface area (Å²) in [5.74, 6) is 0. The zero-order valence-electron chi connectivity index (χ0n) is 9.08. The Hall–Kier alpha value is -1.33. The van der Waals surface area contributed by atoms with Crippen LogP contribution in [-0.4, -0.2) is 13.4 Å². The highest BCUT2D eigenvalue weighted by molar-refractivity contribution is 7.89.